The fourth-order valence-electron chi connectivity index (χ4n) is 3.02. The molecule has 26 heavy (non-hydrogen) atoms. The van der Waals surface area contributed by atoms with Gasteiger partial charge in [-0.25, -0.2) is 0 Å². The number of nitrogens with zero attached hydrogens (tertiary/aromatic N) is 1. The minimum Gasteiger partial charge on any atom is -0.456 e. The average Bonchev–Trinajstić information content (AvgIpc) is 2.66. The number of amides is 1. The zero-order valence-corrected chi connectivity index (χ0v) is 15.7. The lowest BCUT2D eigenvalue weighted by atomic mass is 9.90. The van der Waals surface area contributed by atoms with Crippen LogP contribution in [0.3, 0.4) is 0 Å². The van der Waals surface area contributed by atoms with E-state index >= 15 is 0 Å². The van der Waals surface area contributed by atoms with Crippen LogP contribution in [0.25, 0.3) is 0 Å². The van der Waals surface area contributed by atoms with E-state index in [9.17, 15) is 4.79 Å². The molecule has 0 aliphatic carbocycles. The van der Waals surface area contributed by atoms with E-state index in [-0.39, 0.29) is 25.7 Å². The molecular formula is C20H32N4O2. The minimum atomic E-state index is 0. The van der Waals surface area contributed by atoms with Gasteiger partial charge in [-0.3, -0.25) is 4.79 Å². The van der Waals surface area contributed by atoms with Crippen molar-refractivity contribution in [3.63, 3.8) is 0 Å². The van der Waals surface area contributed by atoms with Crippen molar-refractivity contribution in [3.8, 4) is 5.75 Å². The van der Waals surface area contributed by atoms with Crippen LogP contribution in [0.5, 0.6) is 5.75 Å². The largest absolute Gasteiger partial charge is 0.456 e. The number of hydrogen-bond acceptors (Lipinski definition) is 5. The van der Waals surface area contributed by atoms with Gasteiger partial charge in [0.1, 0.15) is 11.5 Å². The smallest absolute Gasteiger partial charge is 0.236 e. The van der Waals surface area contributed by atoms with Crippen LogP contribution in [0.4, 0.5) is 0 Å². The summed E-state index contributed by atoms with van der Waals surface area (Å²) in [5.74, 6) is 1.72. The second kappa shape index (κ2) is 9.29. The van der Waals surface area contributed by atoms with Gasteiger partial charge in [-0.15, -0.1) is 0 Å². The fourth-order valence-corrected chi connectivity index (χ4v) is 3.02. The Morgan fingerprint density at radius 3 is 2.88 bits per heavy atom. The summed E-state index contributed by atoms with van der Waals surface area (Å²) >= 11 is 0. The van der Waals surface area contributed by atoms with Gasteiger partial charge in [-0.1, -0.05) is 26.0 Å². The first-order chi connectivity index (χ1) is 12.4. The number of nitrogens with two attached hydrogens (primary N) is 3. The Morgan fingerprint density at radius 2 is 2.23 bits per heavy atom. The molecule has 1 saturated heterocycles. The van der Waals surface area contributed by atoms with Crippen molar-refractivity contribution in [1.82, 2.24) is 4.90 Å². The Morgan fingerprint density at radius 1 is 1.46 bits per heavy atom. The average molecular weight is 361 g/mol. The number of carbonyl (C=O) groups excluding carboxylic acids is 1. The molecule has 0 aromatic heterocycles. The first-order valence-electron chi connectivity index (χ1n) is 9.09. The first-order valence-corrected chi connectivity index (χ1v) is 9.09. The maximum atomic E-state index is 11.9. The topological polar surface area (TPSA) is 108 Å². The zero-order valence-electron chi connectivity index (χ0n) is 15.7. The molecule has 1 aliphatic rings. The van der Waals surface area contributed by atoms with Gasteiger partial charge in [-0.2, -0.15) is 0 Å². The molecule has 1 aliphatic heterocycles. The third kappa shape index (κ3) is 5.26. The molecule has 0 spiro atoms. The maximum absolute atomic E-state index is 11.9. The SMILES string of the molecule is CC(C)/C(N)=C/C(=C\N)Oc1cccc(C2CCCN(C(=O)CN)C2)c1.[HH]. The molecule has 0 bridgehead atoms. The quantitative estimate of drug-likeness (QED) is 0.533. The molecule has 1 heterocycles. The molecule has 1 amide bonds. The molecule has 1 aromatic rings. The van der Waals surface area contributed by atoms with Gasteiger partial charge >= 0.3 is 0 Å². The molecule has 2 rings (SSSR count). The number of likely N-dealkylation sites (tertiary alicyclic amines) is 1. The van der Waals surface area contributed by atoms with Gasteiger partial charge < -0.3 is 26.8 Å². The van der Waals surface area contributed by atoms with Crippen molar-refractivity contribution in [3.05, 3.63) is 53.6 Å². The molecular weight excluding hydrogens is 328 g/mol. The maximum Gasteiger partial charge on any atom is 0.236 e. The number of ether oxygens (including phenoxy) is 1. The monoisotopic (exact) mass is 360 g/mol. The highest BCUT2D eigenvalue weighted by Crippen LogP contribution is 2.29. The van der Waals surface area contributed by atoms with E-state index in [1.165, 1.54) is 6.20 Å². The number of rotatable bonds is 6. The van der Waals surface area contributed by atoms with E-state index in [2.05, 4.69) is 6.07 Å². The second-order valence-electron chi connectivity index (χ2n) is 6.93. The molecule has 6 nitrogen and oxygen atoms in total. The van der Waals surface area contributed by atoms with E-state index in [1.54, 1.807) is 6.08 Å². The molecule has 1 atom stereocenters. The predicted octanol–water partition coefficient (Wildman–Crippen LogP) is 2.27. The van der Waals surface area contributed by atoms with Gasteiger partial charge in [0.05, 0.1) is 6.54 Å². The van der Waals surface area contributed by atoms with Gasteiger partial charge in [0.25, 0.3) is 0 Å². The Balaban J connectivity index is 0.00000364. The summed E-state index contributed by atoms with van der Waals surface area (Å²) in [6.07, 6.45) is 5.17. The third-order valence-electron chi connectivity index (χ3n) is 4.65. The second-order valence-corrected chi connectivity index (χ2v) is 6.93. The molecule has 6 N–H and O–H groups in total. The van der Waals surface area contributed by atoms with E-state index in [1.807, 2.05) is 36.9 Å². The summed E-state index contributed by atoms with van der Waals surface area (Å²) in [6.45, 7) is 5.56. The Labute approximate surface area is 157 Å². The first kappa shape index (κ1) is 19.8. The van der Waals surface area contributed by atoms with E-state index in [4.69, 9.17) is 21.9 Å². The van der Waals surface area contributed by atoms with Gasteiger partial charge in [-0.05, 0) is 36.5 Å². The van der Waals surface area contributed by atoms with Gasteiger partial charge in [0.2, 0.25) is 5.91 Å². The van der Waals surface area contributed by atoms with Crippen LogP contribution in [0.15, 0.2) is 48.0 Å². The predicted molar refractivity (Wildman–Crippen MR) is 106 cm³/mol. The van der Waals surface area contributed by atoms with Crippen molar-refractivity contribution in [1.29, 1.82) is 0 Å². The van der Waals surface area contributed by atoms with Crippen LogP contribution in [0, 0.1) is 5.92 Å². The highest BCUT2D eigenvalue weighted by atomic mass is 16.5. The normalized spacial score (nSPS) is 18.9. The van der Waals surface area contributed by atoms with Crippen LogP contribution in [0.1, 0.15) is 39.6 Å². The number of carbonyl (C=O) groups is 1. The van der Waals surface area contributed by atoms with Crippen LogP contribution in [-0.4, -0.2) is 30.4 Å². The van der Waals surface area contributed by atoms with E-state index < -0.39 is 0 Å². The van der Waals surface area contributed by atoms with Crippen LogP contribution in [-0.2, 0) is 4.79 Å². The lowest BCUT2D eigenvalue weighted by Crippen LogP contribution is -2.42. The molecule has 6 heteroatoms. The van der Waals surface area contributed by atoms with Crippen LogP contribution >= 0.6 is 0 Å². The Bertz CT molecular complexity index is 688. The van der Waals surface area contributed by atoms with E-state index in [0.29, 0.717) is 23.8 Å². The molecule has 1 fully saturated rings. The van der Waals surface area contributed by atoms with Crippen molar-refractivity contribution >= 4 is 5.91 Å². The number of benzene rings is 1. The third-order valence-corrected chi connectivity index (χ3v) is 4.65. The summed E-state index contributed by atoms with van der Waals surface area (Å²) in [5, 5.41) is 0. The Kier molecular flexibility index (Phi) is 7.09. The van der Waals surface area contributed by atoms with Crippen molar-refractivity contribution < 1.29 is 11.0 Å². The van der Waals surface area contributed by atoms with E-state index in [0.717, 1.165) is 24.9 Å². The summed E-state index contributed by atoms with van der Waals surface area (Å²) < 4.78 is 5.89. The number of hydrogen-bond donors (Lipinski definition) is 3. The van der Waals surface area contributed by atoms with Crippen LogP contribution in [0.2, 0.25) is 0 Å². The Hall–Kier alpha value is -2.47. The van der Waals surface area contributed by atoms with Crippen LogP contribution < -0.4 is 21.9 Å². The zero-order chi connectivity index (χ0) is 19.1. The molecule has 144 valence electrons. The summed E-state index contributed by atoms with van der Waals surface area (Å²) in [4.78, 5) is 13.7. The number of allylic oxidation sites excluding steroid dienone is 2. The number of piperidine rings is 1. The fraction of sp³-hybridized carbons (Fsp3) is 0.450. The molecule has 0 saturated carbocycles. The minimum absolute atomic E-state index is 0. The molecule has 1 unspecified atom stereocenters. The highest BCUT2D eigenvalue weighted by molar-refractivity contribution is 5.78. The van der Waals surface area contributed by atoms with Gasteiger partial charge in [0.15, 0.2) is 0 Å². The van der Waals surface area contributed by atoms with Gasteiger partial charge in [0, 0.05) is 38.4 Å². The lowest BCUT2D eigenvalue weighted by Gasteiger charge is -2.33. The summed E-state index contributed by atoms with van der Waals surface area (Å²) in [6, 6.07) is 7.91. The highest BCUT2D eigenvalue weighted by Gasteiger charge is 2.24. The van der Waals surface area contributed by atoms with Crippen molar-refractivity contribution in [2.75, 3.05) is 19.6 Å². The lowest BCUT2D eigenvalue weighted by molar-refractivity contribution is -0.130. The van der Waals surface area contributed by atoms with Crippen molar-refractivity contribution in [2.24, 2.45) is 23.1 Å². The summed E-state index contributed by atoms with van der Waals surface area (Å²) in [7, 11) is 0. The summed E-state index contributed by atoms with van der Waals surface area (Å²) in [5.41, 5.74) is 19.0. The standard InChI is InChI=1S/C20H30N4O2.H2/c1-14(2)19(23)10-18(11-21)26-17-7-3-5-15(9-17)16-6-4-8-24(13-16)20(25)12-22;/h3,5,7,9-11,14,16H,4,6,8,12-13,21-23H2,1-2H3;1H/b18-11+,19-10-;. The molecule has 1 aromatic carbocycles. The molecule has 0 radical (unpaired) electrons. The van der Waals surface area contributed by atoms with Crippen molar-refractivity contribution in [2.45, 2.75) is 32.6 Å².